The summed E-state index contributed by atoms with van der Waals surface area (Å²) in [6, 6.07) is 10.2. The lowest BCUT2D eigenvalue weighted by molar-refractivity contribution is -0.157. The molecule has 1 atom stereocenters. The Morgan fingerprint density at radius 3 is 2.15 bits per heavy atom. The predicted octanol–water partition coefficient (Wildman–Crippen LogP) is 3.95. The summed E-state index contributed by atoms with van der Waals surface area (Å²) in [7, 11) is 0. The van der Waals surface area contributed by atoms with Crippen molar-refractivity contribution in [1.82, 2.24) is 24.2 Å². The summed E-state index contributed by atoms with van der Waals surface area (Å²) >= 11 is 0. The van der Waals surface area contributed by atoms with Crippen molar-refractivity contribution in [1.29, 1.82) is 0 Å². The Hall–Kier alpha value is -4.51. The van der Waals surface area contributed by atoms with Crippen LogP contribution in [0.15, 0.2) is 62.5 Å². The van der Waals surface area contributed by atoms with E-state index in [9.17, 15) is 40.3 Å². The summed E-state index contributed by atoms with van der Waals surface area (Å²) in [6.07, 6.45) is -9.71. The van der Waals surface area contributed by atoms with E-state index in [4.69, 9.17) is 10.2 Å². The van der Waals surface area contributed by atoms with Crippen LogP contribution in [0.1, 0.15) is 40.2 Å². The molecule has 2 N–H and O–H groups in total. The molecule has 4 aromatic rings. The van der Waals surface area contributed by atoms with Crippen LogP contribution in [0, 0.1) is 12.7 Å². The maximum atomic E-state index is 14.9. The second-order valence-corrected chi connectivity index (χ2v) is 10.8. The minimum Gasteiger partial charge on any atom is -0.416 e. The minimum atomic E-state index is -4.92. The zero-order valence-corrected chi connectivity index (χ0v) is 24.3. The van der Waals surface area contributed by atoms with Gasteiger partial charge in [-0.05, 0) is 24.6 Å². The largest absolute Gasteiger partial charge is 0.470 e. The van der Waals surface area contributed by atoms with Crippen LogP contribution in [0.3, 0.4) is 0 Å². The SMILES string of the molecule is Cc1c(N2CCN(Cc3nnc(C(F)(F)F)o3)CC2)c(=O)n(C[C@@H](N)c2ccccc2)c(=O)n1Cc1c(F)cccc1C(F)(F)F. The third-order valence-electron chi connectivity index (χ3n) is 7.76. The van der Waals surface area contributed by atoms with E-state index in [0.717, 1.165) is 21.3 Å². The smallest absolute Gasteiger partial charge is 0.416 e. The maximum Gasteiger partial charge on any atom is 0.470 e. The number of hydrogen-bond donors (Lipinski definition) is 1. The monoisotopic (exact) mass is 655 g/mol. The topological polar surface area (TPSA) is 115 Å². The number of rotatable bonds is 8. The highest BCUT2D eigenvalue weighted by molar-refractivity contribution is 5.50. The van der Waals surface area contributed by atoms with Crippen molar-refractivity contribution >= 4 is 5.69 Å². The summed E-state index contributed by atoms with van der Waals surface area (Å²) in [5.74, 6) is -2.91. The number of halogens is 7. The van der Waals surface area contributed by atoms with Gasteiger partial charge in [0.05, 0.1) is 25.2 Å². The Bertz CT molecular complexity index is 1810. The Balaban J connectivity index is 1.50. The van der Waals surface area contributed by atoms with Gasteiger partial charge in [0.25, 0.3) is 5.56 Å². The summed E-state index contributed by atoms with van der Waals surface area (Å²) in [5, 5.41) is 6.44. The van der Waals surface area contributed by atoms with E-state index < -0.39 is 59.0 Å². The Morgan fingerprint density at radius 2 is 1.54 bits per heavy atom. The second-order valence-electron chi connectivity index (χ2n) is 10.8. The molecule has 0 unspecified atom stereocenters. The lowest BCUT2D eigenvalue weighted by Gasteiger charge is -2.36. The van der Waals surface area contributed by atoms with E-state index in [0.29, 0.717) is 11.6 Å². The van der Waals surface area contributed by atoms with Gasteiger partial charge in [0.1, 0.15) is 11.5 Å². The van der Waals surface area contributed by atoms with Gasteiger partial charge < -0.3 is 15.1 Å². The van der Waals surface area contributed by atoms with Gasteiger partial charge in [0.2, 0.25) is 5.89 Å². The van der Waals surface area contributed by atoms with Crippen LogP contribution in [0.25, 0.3) is 0 Å². The van der Waals surface area contributed by atoms with Gasteiger partial charge in [-0.25, -0.2) is 9.18 Å². The first kappa shape index (κ1) is 32.9. The molecule has 1 aliphatic heterocycles. The van der Waals surface area contributed by atoms with E-state index >= 15 is 0 Å². The highest BCUT2D eigenvalue weighted by Crippen LogP contribution is 2.34. The van der Waals surface area contributed by atoms with Gasteiger partial charge >= 0.3 is 23.9 Å². The zero-order chi connectivity index (χ0) is 33.4. The summed E-state index contributed by atoms with van der Waals surface area (Å²) in [6.45, 7) is 0.874. The highest BCUT2D eigenvalue weighted by atomic mass is 19.4. The van der Waals surface area contributed by atoms with E-state index in [1.165, 1.54) is 6.92 Å². The molecule has 2 aromatic carbocycles. The third kappa shape index (κ3) is 6.84. The Kier molecular flexibility index (Phi) is 9.08. The van der Waals surface area contributed by atoms with Gasteiger partial charge in [0.15, 0.2) is 0 Å². The molecule has 2 aromatic heterocycles. The van der Waals surface area contributed by atoms with Gasteiger partial charge in [0, 0.05) is 43.5 Å². The van der Waals surface area contributed by atoms with Crippen molar-refractivity contribution in [2.45, 2.75) is 45.0 Å². The normalized spacial score (nSPS) is 15.4. The maximum absolute atomic E-state index is 14.9. The molecule has 0 aliphatic carbocycles. The average Bonchev–Trinajstić information content (AvgIpc) is 3.48. The summed E-state index contributed by atoms with van der Waals surface area (Å²) in [5.41, 5.74) is 3.20. The van der Waals surface area contributed by atoms with Crippen LogP contribution in [-0.4, -0.2) is 50.4 Å². The first-order chi connectivity index (χ1) is 21.6. The first-order valence-electron chi connectivity index (χ1n) is 14.0. The molecule has 1 fully saturated rings. The lowest BCUT2D eigenvalue weighted by atomic mass is 10.1. The molecule has 1 saturated heterocycles. The molecule has 0 saturated carbocycles. The van der Waals surface area contributed by atoms with Gasteiger partial charge in [-0.1, -0.05) is 36.4 Å². The van der Waals surface area contributed by atoms with Crippen LogP contribution in [0.4, 0.5) is 36.4 Å². The number of piperazine rings is 1. The molecular formula is C29H28F7N7O3. The Morgan fingerprint density at radius 1 is 0.870 bits per heavy atom. The number of anilines is 1. The molecule has 10 nitrogen and oxygen atoms in total. The molecule has 46 heavy (non-hydrogen) atoms. The van der Waals surface area contributed by atoms with Crippen molar-refractivity contribution < 1.29 is 35.2 Å². The van der Waals surface area contributed by atoms with Gasteiger partial charge in [-0.2, -0.15) is 26.3 Å². The highest BCUT2D eigenvalue weighted by Gasteiger charge is 2.38. The van der Waals surface area contributed by atoms with E-state index in [1.54, 1.807) is 40.1 Å². The Labute approximate surface area is 256 Å². The fraction of sp³-hybridized carbons (Fsp3) is 0.379. The molecule has 0 amide bonds. The third-order valence-corrected chi connectivity index (χ3v) is 7.76. The van der Waals surface area contributed by atoms with Crippen molar-refractivity contribution in [3.8, 4) is 0 Å². The van der Waals surface area contributed by atoms with E-state index in [1.807, 2.05) is 0 Å². The average molecular weight is 656 g/mol. The van der Waals surface area contributed by atoms with Crippen LogP contribution in [0.5, 0.6) is 0 Å². The first-order valence-corrected chi connectivity index (χ1v) is 14.0. The lowest BCUT2D eigenvalue weighted by Crippen LogP contribution is -2.51. The quantitative estimate of drug-likeness (QED) is 0.284. The molecule has 0 bridgehead atoms. The number of nitrogens with zero attached hydrogens (tertiary/aromatic N) is 6. The molecule has 1 aliphatic rings. The molecule has 5 rings (SSSR count). The van der Waals surface area contributed by atoms with Crippen molar-refractivity contribution in [3.63, 3.8) is 0 Å². The number of benzene rings is 2. The molecule has 17 heteroatoms. The van der Waals surface area contributed by atoms with Crippen LogP contribution in [0.2, 0.25) is 0 Å². The van der Waals surface area contributed by atoms with E-state index in [2.05, 4.69) is 10.2 Å². The number of alkyl halides is 6. The minimum absolute atomic E-state index is 0.00144. The van der Waals surface area contributed by atoms with Crippen molar-refractivity contribution in [3.05, 3.63) is 109 Å². The summed E-state index contributed by atoms with van der Waals surface area (Å²) < 4.78 is 101. The number of hydrogen-bond acceptors (Lipinski definition) is 8. The van der Waals surface area contributed by atoms with Crippen LogP contribution >= 0.6 is 0 Å². The van der Waals surface area contributed by atoms with Gasteiger partial charge in [-0.3, -0.25) is 18.8 Å². The molecule has 0 radical (unpaired) electrons. The zero-order valence-electron chi connectivity index (χ0n) is 24.3. The molecular weight excluding hydrogens is 627 g/mol. The van der Waals surface area contributed by atoms with Crippen molar-refractivity contribution in [2.24, 2.45) is 5.73 Å². The second kappa shape index (κ2) is 12.7. The van der Waals surface area contributed by atoms with Crippen LogP contribution in [-0.2, 0) is 32.0 Å². The fourth-order valence-electron chi connectivity index (χ4n) is 5.40. The summed E-state index contributed by atoms with van der Waals surface area (Å²) in [4.78, 5) is 31.0. The molecule has 0 spiro atoms. The molecule has 3 heterocycles. The van der Waals surface area contributed by atoms with E-state index in [-0.39, 0.29) is 56.5 Å². The molecule has 246 valence electrons. The standard InChI is InChI=1S/C29H28F7N7O3/c1-17-24(41-12-10-40(11-13-41)16-23-38-39-26(46-23)29(34,35)36)25(44)43(15-22(37)18-6-3-2-4-7-18)27(45)42(17)14-19-20(28(31,32)33)8-5-9-21(19)30/h2-9,22H,10-16,37H2,1H3/t22-/m1/s1. The predicted molar refractivity (Wildman–Crippen MR) is 150 cm³/mol. The van der Waals surface area contributed by atoms with Gasteiger partial charge in [-0.15, -0.1) is 10.2 Å². The number of aromatic nitrogens is 4. The van der Waals surface area contributed by atoms with Crippen LogP contribution < -0.4 is 21.9 Å². The fourth-order valence-corrected chi connectivity index (χ4v) is 5.40. The number of nitrogens with two attached hydrogens (primary N) is 1. The van der Waals surface area contributed by atoms with Crippen molar-refractivity contribution in [2.75, 3.05) is 31.1 Å².